The van der Waals surface area contributed by atoms with E-state index in [1.807, 2.05) is 40.0 Å². The lowest BCUT2D eigenvalue weighted by Gasteiger charge is -2.30. The summed E-state index contributed by atoms with van der Waals surface area (Å²) in [6, 6.07) is 8.14. The summed E-state index contributed by atoms with van der Waals surface area (Å²) >= 11 is 0. The zero-order valence-corrected chi connectivity index (χ0v) is 20.6. The van der Waals surface area contributed by atoms with E-state index < -0.39 is 12.0 Å². The Labute approximate surface area is 216 Å². The van der Waals surface area contributed by atoms with Gasteiger partial charge in [0.1, 0.15) is 11.4 Å². The quantitative estimate of drug-likeness (QED) is 0.359. The molecular formula is C26H26F3N7O2. The molecule has 9 nitrogen and oxygen atoms in total. The number of halogens is 3. The topological polar surface area (TPSA) is 83.1 Å². The monoisotopic (exact) mass is 525 g/mol. The highest BCUT2D eigenvalue weighted by atomic mass is 19.4. The van der Waals surface area contributed by atoms with Gasteiger partial charge >= 0.3 is 6.18 Å². The van der Waals surface area contributed by atoms with E-state index in [1.54, 1.807) is 6.20 Å². The molecule has 0 amide bonds. The predicted molar refractivity (Wildman–Crippen MR) is 131 cm³/mol. The molecule has 5 heterocycles. The van der Waals surface area contributed by atoms with Gasteiger partial charge in [-0.2, -0.15) is 18.3 Å². The van der Waals surface area contributed by atoms with E-state index in [0.717, 1.165) is 71.5 Å². The minimum Gasteiger partial charge on any atom is -0.453 e. The Morgan fingerprint density at radius 2 is 1.82 bits per heavy atom. The average molecular weight is 526 g/mol. The maximum atomic E-state index is 13.2. The molecule has 1 saturated carbocycles. The van der Waals surface area contributed by atoms with Crippen molar-refractivity contribution in [2.45, 2.75) is 56.9 Å². The molecule has 1 saturated heterocycles. The van der Waals surface area contributed by atoms with E-state index in [2.05, 4.69) is 15.2 Å². The average Bonchev–Trinajstić information content (AvgIpc) is 3.54. The number of aromatic nitrogens is 6. The molecule has 2 fully saturated rings. The number of hydrogen-bond donors (Lipinski definition) is 0. The standard InChI is InChI=1S/C26H26F3N7O2/c27-26(28,29)25-32-31-23-15-34(9-10-35(23)25)18-3-4-19-20(13-18)30-8-5-21(19)38-22-14-36(17-1-2-17)33-24(22)16-6-11-37-12-7-16/h3-5,8,13-14,16-17H,1-2,6-7,9-12,15H2. The second kappa shape index (κ2) is 8.97. The van der Waals surface area contributed by atoms with E-state index in [9.17, 15) is 13.2 Å². The van der Waals surface area contributed by atoms with Crippen LogP contribution in [-0.4, -0.2) is 49.3 Å². The first kappa shape index (κ1) is 23.4. The second-order valence-corrected chi connectivity index (χ2v) is 10.1. The van der Waals surface area contributed by atoms with Crippen LogP contribution in [0.3, 0.4) is 0 Å². The zero-order valence-electron chi connectivity index (χ0n) is 20.6. The Kier molecular flexibility index (Phi) is 5.53. The Hall–Kier alpha value is -3.67. The SMILES string of the molecule is FC(F)(F)c1nnc2n1CCN(c1ccc3c(Oc4cn(C5CC5)nc4C4CCOCC4)ccnc3c1)C2. The van der Waals surface area contributed by atoms with Gasteiger partial charge in [0, 0.05) is 49.5 Å². The summed E-state index contributed by atoms with van der Waals surface area (Å²) in [4.78, 5) is 6.54. The van der Waals surface area contributed by atoms with E-state index in [1.165, 1.54) is 0 Å². The Morgan fingerprint density at radius 3 is 2.61 bits per heavy atom. The number of nitrogens with zero attached hydrogens (tertiary/aromatic N) is 7. The number of hydrogen-bond acceptors (Lipinski definition) is 7. The first-order valence-corrected chi connectivity index (χ1v) is 12.9. The molecule has 0 unspecified atom stereocenters. The Bertz CT molecular complexity index is 1490. The summed E-state index contributed by atoms with van der Waals surface area (Å²) in [6.45, 7) is 2.26. The molecule has 4 aromatic rings. The van der Waals surface area contributed by atoms with Gasteiger partial charge in [0.15, 0.2) is 11.6 Å². The van der Waals surface area contributed by atoms with Crippen LogP contribution in [0.25, 0.3) is 10.9 Å². The summed E-state index contributed by atoms with van der Waals surface area (Å²) < 4.78 is 54.9. The predicted octanol–water partition coefficient (Wildman–Crippen LogP) is 5.08. The van der Waals surface area contributed by atoms with Crippen molar-refractivity contribution in [3.05, 3.63) is 54.0 Å². The molecule has 198 valence electrons. The van der Waals surface area contributed by atoms with Crippen molar-refractivity contribution in [1.82, 2.24) is 29.5 Å². The van der Waals surface area contributed by atoms with Gasteiger partial charge in [-0.15, -0.1) is 10.2 Å². The van der Waals surface area contributed by atoms with Crippen LogP contribution < -0.4 is 9.64 Å². The third kappa shape index (κ3) is 4.26. The first-order valence-electron chi connectivity index (χ1n) is 12.9. The molecule has 2 aliphatic heterocycles. The third-order valence-electron chi connectivity index (χ3n) is 7.53. The summed E-state index contributed by atoms with van der Waals surface area (Å²) in [6.07, 6.45) is 3.33. The van der Waals surface area contributed by atoms with Crippen molar-refractivity contribution in [3.8, 4) is 11.5 Å². The van der Waals surface area contributed by atoms with Crippen LogP contribution in [-0.2, 0) is 24.0 Å². The molecule has 1 aliphatic carbocycles. The third-order valence-corrected chi connectivity index (χ3v) is 7.53. The smallest absolute Gasteiger partial charge is 0.451 e. The van der Waals surface area contributed by atoms with Crippen LogP contribution >= 0.6 is 0 Å². The number of fused-ring (bicyclic) bond motifs is 2. The van der Waals surface area contributed by atoms with Gasteiger partial charge < -0.3 is 18.9 Å². The molecule has 3 aromatic heterocycles. The number of benzene rings is 1. The van der Waals surface area contributed by atoms with Gasteiger partial charge in [0.2, 0.25) is 5.82 Å². The minimum atomic E-state index is -4.52. The van der Waals surface area contributed by atoms with Gasteiger partial charge in [0.05, 0.1) is 24.3 Å². The highest BCUT2D eigenvalue weighted by Crippen LogP contribution is 2.41. The van der Waals surface area contributed by atoms with Crippen molar-refractivity contribution in [2.24, 2.45) is 0 Å². The number of pyridine rings is 1. The number of ether oxygens (including phenoxy) is 2. The Balaban J connectivity index is 1.16. The molecule has 1 aromatic carbocycles. The largest absolute Gasteiger partial charge is 0.453 e. The van der Waals surface area contributed by atoms with E-state index >= 15 is 0 Å². The number of rotatable bonds is 5. The van der Waals surface area contributed by atoms with Crippen LogP contribution in [0.4, 0.5) is 18.9 Å². The summed E-state index contributed by atoms with van der Waals surface area (Å²) in [5.41, 5.74) is 2.58. The normalized spacial score (nSPS) is 18.7. The Morgan fingerprint density at radius 1 is 0.974 bits per heavy atom. The fourth-order valence-corrected chi connectivity index (χ4v) is 5.35. The molecule has 7 rings (SSSR count). The maximum absolute atomic E-state index is 13.2. The fourth-order valence-electron chi connectivity index (χ4n) is 5.35. The summed E-state index contributed by atoms with van der Waals surface area (Å²) in [7, 11) is 0. The van der Waals surface area contributed by atoms with Gasteiger partial charge in [-0.25, -0.2) is 0 Å². The molecule has 38 heavy (non-hydrogen) atoms. The van der Waals surface area contributed by atoms with Gasteiger partial charge in [-0.1, -0.05) is 0 Å². The van der Waals surface area contributed by atoms with E-state index in [4.69, 9.17) is 14.6 Å². The van der Waals surface area contributed by atoms with Crippen molar-refractivity contribution in [3.63, 3.8) is 0 Å². The number of alkyl halides is 3. The first-order chi connectivity index (χ1) is 18.4. The maximum Gasteiger partial charge on any atom is 0.451 e. The molecule has 3 aliphatic rings. The zero-order chi connectivity index (χ0) is 25.9. The summed E-state index contributed by atoms with van der Waals surface area (Å²) in [5.74, 6) is 1.12. The molecule has 0 N–H and O–H groups in total. The summed E-state index contributed by atoms with van der Waals surface area (Å²) in [5, 5.41) is 12.9. The van der Waals surface area contributed by atoms with Gasteiger partial charge in [-0.05, 0) is 49.9 Å². The van der Waals surface area contributed by atoms with Crippen LogP contribution in [0, 0.1) is 0 Å². The van der Waals surface area contributed by atoms with Gasteiger partial charge in [-0.3, -0.25) is 9.67 Å². The molecule has 0 radical (unpaired) electrons. The molecule has 12 heteroatoms. The van der Waals surface area contributed by atoms with Crippen molar-refractivity contribution in [1.29, 1.82) is 0 Å². The highest BCUT2D eigenvalue weighted by molar-refractivity contribution is 5.88. The molecule has 0 bridgehead atoms. The van der Waals surface area contributed by atoms with Crippen LogP contribution in [0.5, 0.6) is 11.5 Å². The van der Waals surface area contributed by atoms with E-state index in [-0.39, 0.29) is 13.1 Å². The van der Waals surface area contributed by atoms with Crippen LogP contribution in [0.1, 0.15) is 55.0 Å². The molecule has 0 spiro atoms. The van der Waals surface area contributed by atoms with Crippen molar-refractivity contribution in [2.75, 3.05) is 24.7 Å². The highest BCUT2D eigenvalue weighted by Gasteiger charge is 2.39. The molecular weight excluding hydrogens is 499 g/mol. The van der Waals surface area contributed by atoms with Crippen molar-refractivity contribution >= 4 is 16.6 Å². The lowest BCUT2D eigenvalue weighted by atomic mass is 9.96. The van der Waals surface area contributed by atoms with Crippen molar-refractivity contribution < 1.29 is 22.6 Å². The van der Waals surface area contributed by atoms with Crippen LogP contribution in [0.15, 0.2) is 36.7 Å². The number of anilines is 1. The van der Waals surface area contributed by atoms with Gasteiger partial charge in [0.25, 0.3) is 0 Å². The minimum absolute atomic E-state index is 0.158. The lowest BCUT2D eigenvalue weighted by molar-refractivity contribution is -0.147. The lowest BCUT2D eigenvalue weighted by Crippen LogP contribution is -2.35. The second-order valence-electron chi connectivity index (χ2n) is 10.1. The van der Waals surface area contributed by atoms with Crippen LogP contribution in [0.2, 0.25) is 0 Å². The van der Waals surface area contributed by atoms with E-state index in [0.29, 0.717) is 30.1 Å². The molecule has 0 atom stereocenters. The fraction of sp³-hybridized carbons (Fsp3) is 0.462.